The predicted octanol–water partition coefficient (Wildman–Crippen LogP) is 11.1. The van der Waals surface area contributed by atoms with Crippen molar-refractivity contribution in [3.63, 3.8) is 0 Å². The second-order valence-electron chi connectivity index (χ2n) is 18.1. The Morgan fingerprint density at radius 2 is 0.987 bits per heavy atom. The van der Waals surface area contributed by atoms with Crippen LogP contribution < -0.4 is 0 Å². The van der Waals surface area contributed by atoms with Crippen LogP contribution in [-0.4, -0.2) is 86.6 Å². The van der Waals surface area contributed by atoms with Crippen LogP contribution in [0.15, 0.2) is 192 Å². The van der Waals surface area contributed by atoms with E-state index in [1.165, 1.54) is 6.92 Å². The summed E-state index contributed by atoms with van der Waals surface area (Å²) >= 11 is 0. The Hall–Kier alpha value is -7.24. The smallest absolute Gasteiger partial charge is 0.306 e. The maximum Gasteiger partial charge on any atom is 0.306 e. The van der Waals surface area contributed by atoms with E-state index in [0.717, 1.165) is 33.4 Å². The number of Topliss-reactive ketones (excluding diaryl/α,β-unsaturated/α-hetero) is 1. The number of hydrogen-bond donors (Lipinski definition) is 0. The van der Waals surface area contributed by atoms with Crippen LogP contribution in [0, 0.1) is 0 Å². The minimum atomic E-state index is -1.45. The van der Waals surface area contributed by atoms with Gasteiger partial charge in [-0.2, -0.15) is 0 Å². The fourth-order valence-corrected chi connectivity index (χ4v) is 8.53. The van der Waals surface area contributed by atoms with E-state index in [2.05, 4.69) is 20.1 Å². The lowest BCUT2D eigenvalue weighted by Crippen LogP contribution is -2.62. The van der Waals surface area contributed by atoms with Crippen LogP contribution >= 0.6 is 0 Å². The van der Waals surface area contributed by atoms with Crippen LogP contribution in [0.1, 0.15) is 53.1 Å². The number of nitrogens with zero attached hydrogens (tertiary/aromatic N) is 6. The minimum absolute atomic E-state index is 0.00736. The van der Waals surface area contributed by atoms with E-state index in [1.807, 2.05) is 182 Å². The molecule has 1 aliphatic rings. The molecular formula is C59H64N6O11. The van der Waals surface area contributed by atoms with Crippen LogP contribution in [0.2, 0.25) is 0 Å². The number of ketones is 1. The van der Waals surface area contributed by atoms with Crippen molar-refractivity contribution in [1.29, 1.82) is 0 Å². The first-order valence-electron chi connectivity index (χ1n) is 25.3. The molecule has 0 spiro atoms. The van der Waals surface area contributed by atoms with E-state index in [-0.39, 0.29) is 78.1 Å². The number of esters is 1. The van der Waals surface area contributed by atoms with Crippen molar-refractivity contribution >= 4 is 11.8 Å². The van der Waals surface area contributed by atoms with E-state index < -0.39 is 61.0 Å². The number of hydrogen-bond acceptors (Lipinski definition) is 13. The largest absolute Gasteiger partial charge is 0.457 e. The Kier molecular flexibility index (Phi) is 23.5. The van der Waals surface area contributed by atoms with Gasteiger partial charge in [0.1, 0.15) is 36.2 Å². The first-order valence-corrected chi connectivity index (χ1v) is 25.3. The summed E-state index contributed by atoms with van der Waals surface area (Å²) in [6, 6.07) is 54.8. The SMILES string of the molecule is CC(=O)CCC(=O)O[C@H]1[C@H](OCc2ccccc2)[C@@H](N=[N+]=[N-])[C@@H](O[C@@H](COCc2ccccc2)[C@@H](OCc2ccccc2)[C@H](OCc2ccccc2)[C@@H](COCc2ccccc2)N=[N+]=[N-])O[C@@H]1COCc1ccccc1. The maximum absolute atomic E-state index is 13.7. The van der Waals surface area contributed by atoms with Gasteiger partial charge >= 0.3 is 5.97 Å². The predicted molar refractivity (Wildman–Crippen MR) is 283 cm³/mol. The molecule has 9 atom stereocenters. The summed E-state index contributed by atoms with van der Waals surface area (Å²) in [4.78, 5) is 32.3. The van der Waals surface area contributed by atoms with Gasteiger partial charge in [-0.25, -0.2) is 0 Å². The van der Waals surface area contributed by atoms with Crippen LogP contribution in [0.5, 0.6) is 0 Å². The van der Waals surface area contributed by atoms with Crippen molar-refractivity contribution in [3.8, 4) is 0 Å². The molecule has 0 amide bonds. The van der Waals surface area contributed by atoms with Gasteiger partial charge in [0, 0.05) is 16.2 Å². The summed E-state index contributed by atoms with van der Waals surface area (Å²) in [7, 11) is 0. The molecule has 6 aromatic carbocycles. The van der Waals surface area contributed by atoms with Gasteiger partial charge in [0.25, 0.3) is 0 Å². The lowest BCUT2D eigenvalue weighted by Gasteiger charge is -2.46. The van der Waals surface area contributed by atoms with Gasteiger partial charge < -0.3 is 47.4 Å². The maximum atomic E-state index is 13.7. The minimum Gasteiger partial charge on any atom is -0.457 e. The van der Waals surface area contributed by atoms with Crippen molar-refractivity contribution in [2.45, 2.75) is 114 Å². The summed E-state index contributed by atoms with van der Waals surface area (Å²) in [5.74, 6) is -0.888. The number of ether oxygens (including phenoxy) is 9. The number of benzene rings is 6. The molecular weight excluding hydrogens is 969 g/mol. The van der Waals surface area contributed by atoms with Crippen molar-refractivity contribution in [2.24, 2.45) is 10.2 Å². The molecule has 1 aliphatic heterocycles. The molecule has 17 heteroatoms. The van der Waals surface area contributed by atoms with Gasteiger partial charge in [-0.05, 0) is 51.4 Å². The summed E-state index contributed by atoms with van der Waals surface area (Å²) in [5.41, 5.74) is 25.7. The molecule has 396 valence electrons. The quantitative estimate of drug-likeness (QED) is 0.0168. The molecule has 76 heavy (non-hydrogen) atoms. The van der Waals surface area contributed by atoms with E-state index >= 15 is 0 Å². The fraction of sp³-hybridized carbons (Fsp3) is 0.356. The normalized spacial score (nSPS) is 18.7. The average molecular weight is 1030 g/mol. The third-order valence-corrected chi connectivity index (χ3v) is 12.4. The molecule has 0 bridgehead atoms. The molecule has 1 fully saturated rings. The highest BCUT2D eigenvalue weighted by Gasteiger charge is 2.51. The van der Waals surface area contributed by atoms with Crippen molar-refractivity contribution in [1.82, 2.24) is 0 Å². The standard InChI is InChI=1S/C59H64N6O11/c1-43(66)32-33-53(67)76-57-52(42-70-36-46-24-12-4-13-25-46)75-59(54(63-65-61)58(57)73-39-49-30-18-7-19-31-49)74-51(41-69-35-45-22-10-3-11-23-45)56(72-38-48-28-16-6-17-29-48)55(71-37-47-26-14-5-15-27-47)50(62-64-60)40-68-34-44-20-8-2-9-21-44/h2-31,50-52,54-59H,32-42H2,1H3/t50-,51+,52-,54-,55-,56-,57-,58-,59+/m1/s1. The molecule has 6 aromatic rings. The number of carbonyl (C=O) groups excluding carboxylic acids is 2. The van der Waals surface area contributed by atoms with Gasteiger partial charge in [0.2, 0.25) is 0 Å². The molecule has 0 aromatic heterocycles. The second-order valence-corrected chi connectivity index (χ2v) is 18.1. The van der Waals surface area contributed by atoms with E-state index in [9.17, 15) is 20.7 Å². The third kappa shape index (κ3) is 18.5. The second kappa shape index (κ2) is 31.6. The highest BCUT2D eigenvalue weighted by Crippen LogP contribution is 2.34. The Bertz CT molecular complexity index is 2710. The van der Waals surface area contributed by atoms with Crippen molar-refractivity contribution in [2.75, 3.05) is 19.8 Å². The summed E-state index contributed by atoms with van der Waals surface area (Å²) in [5, 5.41) is 8.56. The van der Waals surface area contributed by atoms with E-state index in [1.54, 1.807) is 0 Å². The lowest BCUT2D eigenvalue weighted by atomic mass is 9.96. The van der Waals surface area contributed by atoms with Crippen LogP contribution in [0.25, 0.3) is 20.9 Å². The van der Waals surface area contributed by atoms with Gasteiger partial charge in [0.05, 0.1) is 78.0 Å². The Labute approximate surface area is 443 Å². The molecule has 0 radical (unpaired) electrons. The topological polar surface area (TPSA) is 215 Å². The van der Waals surface area contributed by atoms with Gasteiger partial charge in [-0.1, -0.05) is 192 Å². The highest BCUT2D eigenvalue weighted by atomic mass is 16.7. The van der Waals surface area contributed by atoms with Crippen molar-refractivity contribution < 1.29 is 52.2 Å². The van der Waals surface area contributed by atoms with E-state index in [4.69, 9.17) is 42.6 Å². The summed E-state index contributed by atoms with van der Waals surface area (Å²) in [6.45, 7) is 1.66. The lowest BCUT2D eigenvalue weighted by molar-refractivity contribution is -0.306. The zero-order valence-electron chi connectivity index (χ0n) is 42.5. The number of carbonyl (C=O) groups is 2. The molecule has 0 N–H and O–H groups in total. The molecule has 1 saturated heterocycles. The summed E-state index contributed by atoms with van der Waals surface area (Å²) < 4.78 is 59.9. The van der Waals surface area contributed by atoms with Crippen molar-refractivity contribution in [3.05, 3.63) is 236 Å². The monoisotopic (exact) mass is 1030 g/mol. The molecule has 7 rings (SSSR count). The number of azide groups is 2. The molecule has 0 aliphatic carbocycles. The Morgan fingerprint density at radius 1 is 0.539 bits per heavy atom. The zero-order valence-corrected chi connectivity index (χ0v) is 42.5. The first kappa shape index (κ1) is 56.5. The Morgan fingerprint density at radius 3 is 1.46 bits per heavy atom. The van der Waals surface area contributed by atoms with Gasteiger partial charge in [0.15, 0.2) is 12.4 Å². The molecule has 0 saturated carbocycles. The van der Waals surface area contributed by atoms with Gasteiger partial charge in [-0.15, -0.1) is 0 Å². The Balaban J connectivity index is 1.31. The third-order valence-electron chi connectivity index (χ3n) is 12.4. The fourth-order valence-electron chi connectivity index (χ4n) is 8.53. The molecule has 0 unspecified atom stereocenters. The molecule has 1 heterocycles. The van der Waals surface area contributed by atoms with E-state index in [0.29, 0.717) is 0 Å². The van der Waals surface area contributed by atoms with Gasteiger partial charge in [-0.3, -0.25) is 4.79 Å². The highest BCUT2D eigenvalue weighted by molar-refractivity contribution is 5.81. The zero-order chi connectivity index (χ0) is 53.0. The van der Waals surface area contributed by atoms with Crippen LogP contribution in [0.3, 0.4) is 0 Å². The van der Waals surface area contributed by atoms with Crippen LogP contribution in [0.4, 0.5) is 0 Å². The first-order chi connectivity index (χ1) is 37.4. The molecule has 17 nitrogen and oxygen atoms in total. The average Bonchev–Trinajstić information content (AvgIpc) is 3.45. The number of rotatable bonds is 32. The van der Waals surface area contributed by atoms with Crippen LogP contribution in [-0.2, 0) is 91.9 Å². The summed E-state index contributed by atoms with van der Waals surface area (Å²) in [6.07, 6.45) is -8.64.